The molecule has 0 radical (unpaired) electrons. The largest absolute Gasteiger partial charge is 0.480 e. The molecule has 0 fully saturated rings. The molecule has 1 aliphatic heterocycles. The molecule has 44 heavy (non-hydrogen) atoms. The van der Waals surface area contributed by atoms with E-state index >= 15 is 0 Å². The molecule has 1 aliphatic rings. The van der Waals surface area contributed by atoms with Crippen molar-refractivity contribution in [1.29, 1.82) is 5.26 Å². The number of nitriles is 1. The molecule has 0 spiro atoms. The number of amidine groups is 1. The van der Waals surface area contributed by atoms with Crippen LogP contribution < -0.4 is 10.6 Å². The second kappa shape index (κ2) is 13.2. The van der Waals surface area contributed by atoms with Crippen molar-refractivity contribution in [3.8, 4) is 6.19 Å². The maximum absolute atomic E-state index is 13.3. The lowest BCUT2D eigenvalue weighted by molar-refractivity contribution is -0.138. The van der Waals surface area contributed by atoms with Gasteiger partial charge < -0.3 is 24.3 Å². The number of aryl methyl sites for hydroxylation is 2. The molecule has 1 atom stereocenters. The molecule has 14 heteroatoms. The number of carboxylic acid groups (broad SMARTS) is 1. The number of carboxylic acids is 1. The Morgan fingerprint density at radius 3 is 2.73 bits per heavy atom. The number of aliphatic carboxylic acids is 1. The summed E-state index contributed by atoms with van der Waals surface area (Å²) in [6.45, 7) is 1.91. The third kappa shape index (κ3) is 6.69. The first kappa shape index (κ1) is 30.6. The van der Waals surface area contributed by atoms with Gasteiger partial charge in [0, 0.05) is 37.4 Å². The van der Waals surface area contributed by atoms with E-state index < -0.39 is 17.9 Å². The van der Waals surface area contributed by atoms with Gasteiger partial charge in [-0.1, -0.05) is 46.6 Å². The van der Waals surface area contributed by atoms with Gasteiger partial charge in [-0.15, -0.1) is 0 Å². The van der Waals surface area contributed by atoms with Gasteiger partial charge in [0.15, 0.2) is 12.0 Å². The molecule has 2 aromatic carbocycles. The van der Waals surface area contributed by atoms with Crippen molar-refractivity contribution in [1.82, 2.24) is 20.7 Å². The second-order valence-electron chi connectivity index (χ2n) is 10.1. The lowest BCUT2D eigenvalue weighted by atomic mass is 9.96. The van der Waals surface area contributed by atoms with Crippen LogP contribution in [0.15, 0.2) is 56.4 Å². The van der Waals surface area contributed by atoms with Crippen molar-refractivity contribution in [2.75, 3.05) is 13.1 Å². The van der Waals surface area contributed by atoms with Gasteiger partial charge in [-0.3, -0.25) is 19.9 Å². The minimum absolute atomic E-state index is 0.00617. The van der Waals surface area contributed by atoms with Crippen LogP contribution in [0.2, 0.25) is 10.0 Å². The van der Waals surface area contributed by atoms with Crippen molar-refractivity contribution in [2.24, 2.45) is 4.99 Å². The summed E-state index contributed by atoms with van der Waals surface area (Å²) in [4.78, 5) is 44.2. The Labute approximate surface area is 261 Å². The molecular weight excluding hydrogens is 611 g/mol. The number of carbonyl (C=O) groups excluding carboxylic acids is 2. The number of nitrogens with one attached hydrogen (secondary N) is 2. The van der Waals surface area contributed by atoms with Crippen LogP contribution in [0.4, 0.5) is 0 Å². The molecular formula is C30H26Cl2N6O6. The minimum atomic E-state index is -1.44. The number of aliphatic imine (C=N–C) groups is 1. The molecule has 0 saturated heterocycles. The number of hydrogen-bond acceptors (Lipinski definition) is 8. The zero-order valence-corrected chi connectivity index (χ0v) is 24.9. The van der Waals surface area contributed by atoms with Gasteiger partial charge in [0.1, 0.15) is 23.2 Å². The molecule has 3 heterocycles. The van der Waals surface area contributed by atoms with Crippen LogP contribution in [0, 0.1) is 18.4 Å². The Morgan fingerprint density at radius 1 is 1.23 bits per heavy atom. The fourth-order valence-corrected chi connectivity index (χ4v) is 5.69. The van der Waals surface area contributed by atoms with Crippen LogP contribution >= 0.6 is 23.2 Å². The van der Waals surface area contributed by atoms with Gasteiger partial charge in [0.05, 0.1) is 27.8 Å². The Morgan fingerprint density at radius 2 is 2.02 bits per heavy atom. The normalized spacial score (nSPS) is 13.7. The van der Waals surface area contributed by atoms with Crippen molar-refractivity contribution >= 4 is 57.8 Å². The monoisotopic (exact) mass is 636 g/mol. The molecule has 0 bridgehead atoms. The van der Waals surface area contributed by atoms with Crippen LogP contribution in [-0.4, -0.2) is 57.9 Å². The summed E-state index contributed by atoms with van der Waals surface area (Å²) >= 11 is 13.1. The van der Waals surface area contributed by atoms with Crippen LogP contribution in [-0.2, 0) is 24.2 Å². The Hall–Kier alpha value is -4.86. The molecule has 5 rings (SSSR count). The predicted octanol–water partition coefficient (Wildman–Crippen LogP) is 4.52. The fraction of sp³-hybridized carbons (Fsp3) is 0.267. The molecule has 2 aromatic heterocycles. The molecule has 0 unspecified atom stereocenters. The van der Waals surface area contributed by atoms with E-state index in [1.807, 2.05) is 18.2 Å². The molecule has 4 aromatic rings. The van der Waals surface area contributed by atoms with E-state index in [1.54, 1.807) is 42.3 Å². The lowest BCUT2D eigenvalue weighted by Gasteiger charge is -2.30. The standard InChI is InChI=1S/C30H26Cl2N6O6/c1-16-10-19(37-44-16)6-7-25(35-15-33)34-13-22(30(41)42)36-28(39)26-21(31)11-18-14-38(9-8-20(18)27(26)32)29(40)24-12-17-4-2-3-5-23(17)43-24/h2-5,10-12,22H,6-9,13-14H2,1H3,(H,34,35)(H,36,39)(H,41,42)/t22-/m0/s1. The number of amides is 2. The number of furan rings is 1. The van der Waals surface area contributed by atoms with Gasteiger partial charge in [-0.25, -0.2) is 4.79 Å². The van der Waals surface area contributed by atoms with Crippen molar-refractivity contribution < 1.29 is 28.4 Å². The summed E-state index contributed by atoms with van der Waals surface area (Å²) in [5.41, 5.74) is 2.50. The quantitative estimate of drug-likeness (QED) is 0.103. The number of nitrogens with zero attached hydrogens (tertiary/aromatic N) is 4. The van der Waals surface area contributed by atoms with Crippen LogP contribution in [0.25, 0.3) is 11.0 Å². The first-order valence-electron chi connectivity index (χ1n) is 13.6. The molecule has 0 aliphatic carbocycles. The average molecular weight is 637 g/mol. The first-order chi connectivity index (χ1) is 21.1. The number of carbonyl (C=O) groups is 3. The van der Waals surface area contributed by atoms with Gasteiger partial charge in [0.25, 0.3) is 11.8 Å². The van der Waals surface area contributed by atoms with Crippen LogP contribution in [0.1, 0.15) is 49.9 Å². The molecule has 12 nitrogen and oxygen atoms in total. The molecule has 0 saturated carbocycles. The summed E-state index contributed by atoms with van der Waals surface area (Å²) in [5.74, 6) is -1.35. The third-order valence-electron chi connectivity index (χ3n) is 7.12. The Bertz CT molecular complexity index is 1790. The van der Waals surface area contributed by atoms with Crippen LogP contribution in [0.5, 0.6) is 0 Å². The maximum atomic E-state index is 13.3. The van der Waals surface area contributed by atoms with E-state index in [1.165, 1.54) is 0 Å². The second-order valence-corrected chi connectivity index (χ2v) is 10.9. The number of para-hydroxylation sites is 1. The van der Waals surface area contributed by atoms with Crippen molar-refractivity contribution in [3.63, 3.8) is 0 Å². The highest BCUT2D eigenvalue weighted by molar-refractivity contribution is 6.40. The van der Waals surface area contributed by atoms with E-state index in [0.29, 0.717) is 47.6 Å². The summed E-state index contributed by atoms with van der Waals surface area (Å²) in [7, 11) is 0. The Kier molecular flexibility index (Phi) is 9.18. The number of rotatable bonds is 9. The van der Waals surface area contributed by atoms with Gasteiger partial charge >= 0.3 is 5.97 Å². The van der Waals surface area contributed by atoms with Gasteiger partial charge in [0.2, 0.25) is 0 Å². The highest BCUT2D eigenvalue weighted by atomic mass is 35.5. The van der Waals surface area contributed by atoms with Crippen molar-refractivity contribution in [3.05, 3.63) is 86.4 Å². The van der Waals surface area contributed by atoms with E-state index in [-0.39, 0.29) is 52.6 Å². The molecule has 3 N–H and O–H groups in total. The highest BCUT2D eigenvalue weighted by Gasteiger charge is 2.30. The van der Waals surface area contributed by atoms with Gasteiger partial charge in [-0.05, 0) is 42.7 Å². The van der Waals surface area contributed by atoms with E-state index in [9.17, 15) is 19.5 Å². The number of benzene rings is 2. The zero-order valence-electron chi connectivity index (χ0n) is 23.4. The van der Waals surface area contributed by atoms with Gasteiger partial charge in [-0.2, -0.15) is 5.26 Å². The summed E-state index contributed by atoms with van der Waals surface area (Å²) in [5, 5.41) is 28.5. The first-order valence-corrected chi connectivity index (χ1v) is 14.3. The average Bonchev–Trinajstić information content (AvgIpc) is 3.62. The fourth-order valence-electron chi connectivity index (χ4n) is 4.92. The van der Waals surface area contributed by atoms with Crippen LogP contribution in [0.3, 0.4) is 0 Å². The van der Waals surface area contributed by atoms with Crippen molar-refractivity contribution in [2.45, 2.75) is 38.8 Å². The predicted molar refractivity (Wildman–Crippen MR) is 161 cm³/mol. The summed E-state index contributed by atoms with van der Waals surface area (Å²) < 4.78 is 10.8. The maximum Gasteiger partial charge on any atom is 0.328 e. The molecule has 2 amide bonds. The number of aromatic nitrogens is 1. The minimum Gasteiger partial charge on any atom is -0.480 e. The summed E-state index contributed by atoms with van der Waals surface area (Å²) in [6.07, 6.45) is 2.78. The van der Waals surface area contributed by atoms with E-state index in [2.05, 4.69) is 20.8 Å². The molecule has 226 valence electrons. The zero-order chi connectivity index (χ0) is 31.4. The third-order valence-corrected chi connectivity index (χ3v) is 7.83. The smallest absolute Gasteiger partial charge is 0.328 e. The number of halogens is 2. The lowest BCUT2D eigenvalue weighted by Crippen LogP contribution is -2.43. The SMILES string of the molecule is Cc1cc(CCC(=NC[C@H](NC(=O)c2c(Cl)cc3c(c2Cl)CCN(C(=O)c2cc4ccccc4o2)C3)C(=O)O)NC#N)no1. The highest BCUT2D eigenvalue weighted by Crippen LogP contribution is 2.35. The summed E-state index contributed by atoms with van der Waals surface area (Å²) in [6, 6.07) is 10.9. The van der Waals surface area contributed by atoms with E-state index in [0.717, 1.165) is 5.39 Å². The van der Waals surface area contributed by atoms with E-state index in [4.69, 9.17) is 37.4 Å². The number of hydrogen-bond donors (Lipinski definition) is 3. The number of fused-ring (bicyclic) bond motifs is 2. The Balaban J connectivity index is 1.28. The topological polar surface area (TPSA) is 174 Å².